The molecule has 0 aliphatic carbocycles. The molecule has 0 spiro atoms. The van der Waals surface area contributed by atoms with Crippen molar-refractivity contribution in [3.05, 3.63) is 54.1 Å². The summed E-state index contributed by atoms with van der Waals surface area (Å²) in [6, 6.07) is 17.5. The number of methoxy groups -OCH3 is 1. The number of anilines is 1. The molecule has 0 amide bonds. The summed E-state index contributed by atoms with van der Waals surface area (Å²) >= 11 is 1.79. The van der Waals surface area contributed by atoms with E-state index in [4.69, 9.17) is 14.2 Å². The molecule has 156 valence electrons. The second kappa shape index (κ2) is 9.49. The summed E-state index contributed by atoms with van der Waals surface area (Å²) in [5.41, 5.74) is 2.22. The lowest BCUT2D eigenvalue weighted by Gasteiger charge is -2.36. The highest BCUT2D eigenvalue weighted by Gasteiger charge is 2.34. The zero-order valence-electron chi connectivity index (χ0n) is 17.3. The average Bonchev–Trinajstić information content (AvgIpc) is 2.80. The number of benzene rings is 2. The zero-order valence-corrected chi connectivity index (χ0v) is 18.1. The van der Waals surface area contributed by atoms with Crippen LogP contribution in [0.25, 0.3) is 0 Å². The van der Waals surface area contributed by atoms with Crippen molar-refractivity contribution in [2.45, 2.75) is 28.2 Å². The molecule has 0 unspecified atom stereocenters. The van der Waals surface area contributed by atoms with Crippen LogP contribution in [0.2, 0.25) is 0 Å². The molecule has 2 heterocycles. The van der Waals surface area contributed by atoms with Gasteiger partial charge in [-0.2, -0.15) is 0 Å². The summed E-state index contributed by atoms with van der Waals surface area (Å²) in [6.07, 6.45) is 1.81. The summed E-state index contributed by atoms with van der Waals surface area (Å²) < 4.78 is 17.0. The number of hydrazine groups is 1. The van der Waals surface area contributed by atoms with Crippen molar-refractivity contribution in [1.29, 1.82) is 0 Å². The molecule has 0 N–H and O–H groups in total. The van der Waals surface area contributed by atoms with E-state index in [1.54, 1.807) is 11.8 Å². The summed E-state index contributed by atoms with van der Waals surface area (Å²) in [5.74, 6) is 0. The van der Waals surface area contributed by atoms with Gasteiger partial charge < -0.3 is 19.2 Å². The minimum Gasteiger partial charge on any atom is -0.381 e. The first-order valence-electron chi connectivity index (χ1n) is 10.3. The maximum atomic E-state index is 5.96. The smallest absolute Gasteiger partial charge is 0.0971 e. The minimum atomic E-state index is -0.223. The third-order valence-corrected chi connectivity index (χ3v) is 6.91. The Balaban J connectivity index is 1.45. The van der Waals surface area contributed by atoms with Crippen molar-refractivity contribution in [2.75, 3.05) is 58.7 Å². The molecule has 0 saturated carbocycles. The summed E-state index contributed by atoms with van der Waals surface area (Å²) in [7, 11) is 3.93. The molecule has 0 bridgehead atoms. The molecule has 5 nitrogen and oxygen atoms in total. The summed E-state index contributed by atoms with van der Waals surface area (Å²) in [4.78, 5) is 2.47. The van der Waals surface area contributed by atoms with Gasteiger partial charge in [-0.05, 0) is 42.0 Å². The Morgan fingerprint density at radius 3 is 2.31 bits per heavy atom. The third kappa shape index (κ3) is 4.78. The summed E-state index contributed by atoms with van der Waals surface area (Å²) in [5, 5.41) is 4.55. The van der Waals surface area contributed by atoms with Crippen LogP contribution in [0.4, 0.5) is 5.69 Å². The molecule has 4 rings (SSSR count). The van der Waals surface area contributed by atoms with Crippen molar-refractivity contribution in [2.24, 2.45) is 0 Å². The molecule has 0 aromatic heterocycles. The van der Waals surface area contributed by atoms with Gasteiger partial charge in [-0.3, -0.25) is 0 Å². The van der Waals surface area contributed by atoms with E-state index in [2.05, 4.69) is 65.6 Å². The molecule has 0 atom stereocenters. The van der Waals surface area contributed by atoms with Crippen molar-refractivity contribution in [1.82, 2.24) is 5.01 Å². The quantitative estimate of drug-likeness (QED) is 0.706. The maximum Gasteiger partial charge on any atom is 0.0971 e. The van der Waals surface area contributed by atoms with Gasteiger partial charge in [-0.25, -0.2) is 5.01 Å². The lowest BCUT2D eigenvalue weighted by Crippen LogP contribution is -2.46. The highest BCUT2D eigenvalue weighted by Crippen LogP contribution is 2.38. The minimum absolute atomic E-state index is 0.223. The van der Waals surface area contributed by atoms with E-state index in [-0.39, 0.29) is 5.60 Å². The number of morpholine rings is 1. The van der Waals surface area contributed by atoms with Gasteiger partial charge in [0.05, 0.1) is 24.5 Å². The average molecular weight is 415 g/mol. The van der Waals surface area contributed by atoms with E-state index in [9.17, 15) is 0 Å². The van der Waals surface area contributed by atoms with Gasteiger partial charge in [0, 0.05) is 63.1 Å². The number of ether oxygens (including phenoxy) is 3. The predicted molar refractivity (Wildman–Crippen MR) is 117 cm³/mol. The van der Waals surface area contributed by atoms with Crippen LogP contribution in [0.1, 0.15) is 18.4 Å². The topological polar surface area (TPSA) is 34.2 Å². The van der Waals surface area contributed by atoms with Gasteiger partial charge in [-0.1, -0.05) is 23.9 Å². The van der Waals surface area contributed by atoms with Gasteiger partial charge in [0.2, 0.25) is 0 Å². The summed E-state index contributed by atoms with van der Waals surface area (Å²) in [6.45, 7) is 4.97. The number of rotatable bonds is 6. The van der Waals surface area contributed by atoms with Crippen LogP contribution >= 0.6 is 11.8 Å². The van der Waals surface area contributed by atoms with E-state index < -0.39 is 0 Å². The molecule has 2 fully saturated rings. The normalized spacial score (nSPS) is 19.8. The van der Waals surface area contributed by atoms with Crippen LogP contribution in [0, 0.1) is 0 Å². The van der Waals surface area contributed by atoms with Crippen LogP contribution in [-0.4, -0.2) is 58.7 Å². The number of hydrogen-bond acceptors (Lipinski definition) is 6. The van der Waals surface area contributed by atoms with Crippen LogP contribution < -0.4 is 5.01 Å². The molecule has 2 saturated heterocycles. The lowest BCUT2D eigenvalue weighted by molar-refractivity contribution is -0.0948. The largest absolute Gasteiger partial charge is 0.381 e. The van der Waals surface area contributed by atoms with Crippen LogP contribution in [0.15, 0.2) is 58.3 Å². The van der Waals surface area contributed by atoms with Gasteiger partial charge in [-0.15, -0.1) is 0 Å². The molecule has 29 heavy (non-hydrogen) atoms. The highest BCUT2D eigenvalue weighted by atomic mass is 32.2. The van der Waals surface area contributed by atoms with E-state index in [0.717, 1.165) is 52.4 Å². The van der Waals surface area contributed by atoms with Crippen LogP contribution in [0.3, 0.4) is 0 Å². The van der Waals surface area contributed by atoms with Crippen molar-refractivity contribution >= 4 is 17.4 Å². The molecular weight excluding hydrogens is 384 g/mol. The van der Waals surface area contributed by atoms with Gasteiger partial charge in [0.25, 0.3) is 0 Å². The fourth-order valence-electron chi connectivity index (χ4n) is 4.04. The Kier molecular flexibility index (Phi) is 6.77. The Labute approximate surface area is 177 Å². The van der Waals surface area contributed by atoms with E-state index in [0.29, 0.717) is 0 Å². The van der Waals surface area contributed by atoms with Crippen LogP contribution in [0.5, 0.6) is 0 Å². The number of hydrogen-bond donors (Lipinski definition) is 0. The molecular formula is C23H30N2O3S. The van der Waals surface area contributed by atoms with E-state index in [1.165, 1.54) is 21.0 Å². The fraction of sp³-hybridized carbons (Fsp3) is 0.478. The Morgan fingerprint density at radius 2 is 1.62 bits per heavy atom. The first-order valence-corrected chi connectivity index (χ1v) is 11.1. The molecule has 0 radical (unpaired) electrons. The van der Waals surface area contributed by atoms with Gasteiger partial charge in [0.15, 0.2) is 0 Å². The van der Waals surface area contributed by atoms with E-state index in [1.807, 2.05) is 7.11 Å². The van der Waals surface area contributed by atoms with Gasteiger partial charge in [0.1, 0.15) is 0 Å². The van der Waals surface area contributed by atoms with Crippen molar-refractivity contribution in [3.8, 4) is 0 Å². The zero-order chi connectivity index (χ0) is 20.1. The SMILES string of the molecule is COC1(c2cccc(Sc3ccc(N(C)N4CCOCC4)cc3)c2)CCOCC1. The third-order valence-electron chi connectivity index (χ3n) is 5.91. The predicted octanol–water partition coefficient (Wildman–Crippen LogP) is 4.17. The maximum absolute atomic E-state index is 5.96. The Morgan fingerprint density at radius 1 is 0.931 bits per heavy atom. The second-order valence-electron chi connectivity index (χ2n) is 7.52. The monoisotopic (exact) mass is 414 g/mol. The first-order chi connectivity index (χ1) is 14.2. The van der Waals surface area contributed by atoms with E-state index >= 15 is 0 Å². The van der Waals surface area contributed by atoms with Crippen LogP contribution in [-0.2, 0) is 19.8 Å². The van der Waals surface area contributed by atoms with Crippen molar-refractivity contribution in [3.63, 3.8) is 0 Å². The van der Waals surface area contributed by atoms with Gasteiger partial charge >= 0.3 is 0 Å². The first kappa shape index (κ1) is 20.7. The molecule has 2 aliphatic heterocycles. The molecule has 2 aromatic carbocycles. The molecule has 2 aromatic rings. The highest BCUT2D eigenvalue weighted by molar-refractivity contribution is 7.99. The lowest BCUT2D eigenvalue weighted by atomic mass is 9.86. The van der Waals surface area contributed by atoms with Crippen molar-refractivity contribution < 1.29 is 14.2 Å². The number of nitrogens with zero attached hydrogens (tertiary/aromatic N) is 2. The molecule has 6 heteroatoms. The molecule has 2 aliphatic rings. The standard InChI is InChI=1S/C23H30N2O3S/c1-24(25-12-16-28-17-13-25)20-6-8-21(9-7-20)29-22-5-3-4-19(18-22)23(26-2)10-14-27-15-11-23/h3-9,18H,10-17H2,1-2H3. The second-order valence-corrected chi connectivity index (χ2v) is 8.67. The Bertz CT molecular complexity index is 787. The Hall–Kier alpha value is -1.57. The fourth-order valence-corrected chi connectivity index (χ4v) is 4.91.